The van der Waals surface area contributed by atoms with Gasteiger partial charge >= 0.3 is 0 Å². The van der Waals surface area contributed by atoms with Crippen LogP contribution in [-0.4, -0.2) is 49.8 Å². The summed E-state index contributed by atoms with van der Waals surface area (Å²) in [7, 11) is -1.82. The number of carbonyl (C=O) groups excluding carboxylic acids is 1. The first-order valence-corrected chi connectivity index (χ1v) is 11.9. The molecule has 1 atom stereocenters. The van der Waals surface area contributed by atoms with E-state index in [1.54, 1.807) is 28.4 Å². The molecule has 2 aromatic carbocycles. The minimum Gasteiger partial charge on any atom is -0.494 e. The zero-order valence-electron chi connectivity index (χ0n) is 17.9. The Hall–Kier alpha value is -2.38. The normalized spacial score (nSPS) is 17.5. The van der Waals surface area contributed by atoms with Gasteiger partial charge in [0.05, 0.1) is 11.5 Å². The van der Waals surface area contributed by atoms with Crippen LogP contribution in [0.15, 0.2) is 53.4 Å². The summed E-state index contributed by atoms with van der Waals surface area (Å²) in [4.78, 5) is 14.7. The highest BCUT2D eigenvalue weighted by atomic mass is 32.2. The van der Waals surface area contributed by atoms with Gasteiger partial charge in [0, 0.05) is 37.3 Å². The Labute approximate surface area is 179 Å². The molecule has 1 heterocycles. The second-order valence-electron chi connectivity index (χ2n) is 7.69. The fraction of sp³-hybridized carbons (Fsp3) is 0.435. The van der Waals surface area contributed by atoms with Gasteiger partial charge < -0.3 is 9.64 Å². The molecule has 3 rings (SSSR count). The molecule has 162 valence electrons. The molecule has 1 amide bonds. The van der Waals surface area contributed by atoms with Crippen LogP contribution in [0.2, 0.25) is 0 Å². The van der Waals surface area contributed by atoms with Crippen molar-refractivity contribution in [2.75, 3.05) is 20.2 Å². The number of ether oxygens (including phenoxy) is 1. The number of sulfonamides is 1. The van der Waals surface area contributed by atoms with E-state index in [4.69, 9.17) is 4.74 Å². The number of hydrogen-bond acceptors (Lipinski definition) is 4. The predicted octanol–water partition coefficient (Wildman–Crippen LogP) is 3.92. The minimum atomic E-state index is -3.54. The van der Waals surface area contributed by atoms with Crippen molar-refractivity contribution in [2.45, 2.75) is 50.6 Å². The molecule has 0 radical (unpaired) electrons. The average molecular weight is 431 g/mol. The summed E-state index contributed by atoms with van der Waals surface area (Å²) in [5, 5.41) is 0. The van der Waals surface area contributed by atoms with Crippen molar-refractivity contribution < 1.29 is 17.9 Å². The third-order valence-corrected chi connectivity index (χ3v) is 7.50. The summed E-state index contributed by atoms with van der Waals surface area (Å²) in [6.45, 7) is 5.38. The van der Waals surface area contributed by atoms with E-state index in [9.17, 15) is 13.2 Å². The molecule has 1 unspecified atom stereocenters. The lowest BCUT2D eigenvalue weighted by Crippen LogP contribution is -2.41. The number of nitrogens with zero attached hydrogens (tertiary/aromatic N) is 2. The highest BCUT2D eigenvalue weighted by Crippen LogP contribution is 2.26. The third kappa shape index (κ3) is 4.84. The van der Waals surface area contributed by atoms with Gasteiger partial charge in [0.1, 0.15) is 5.75 Å². The molecule has 0 aromatic heterocycles. The first kappa shape index (κ1) is 22.3. The van der Waals surface area contributed by atoms with Gasteiger partial charge in [0.2, 0.25) is 10.0 Å². The molecule has 6 nitrogen and oxygen atoms in total. The lowest BCUT2D eigenvalue weighted by molar-refractivity contribution is 0.0784. The van der Waals surface area contributed by atoms with Gasteiger partial charge in [-0.1, -0.05) is 24.6 Å². The smallest absolute Gasteiger partial charge is 0.253 e. The van der Waals surface area contributed by atoms with Crippen LogP contribution in [0, 0.1) is 0 Å². The maximum absolute atomic E-state index is 13.0. The Kier molecular flexibility index (Phi) is 7.15. The number of piperidine rings is 1. The van der Waals surface area contributed by atoms with E-state index in [2.05, 4.69) is 0 Å². The van der Waals surface area contributed by atoms with Crippen molar-refractivity contribution in [1.82, 2.24) is 9.21 Å². The summed E-state index contributed by atoms with van der Waals surface area (Å²) < 4.78 is 33.1. The van der Waals surface area contributed by atoms with Crippen LogP contribution in [0.25, 0.3) is 0 Å². The van der Waals surface area contributed by atoms with Gasteiger partial charge in [-0.3, -0.25) is 4.79 Å². The summed E-state index contributed by atoms with van der Waals surface area (Å²) in [6, 6.07) is 13.9. The fourth-order valence-corrected chi connectivity index (χ4v) is 5.51. The predicted molar refractivity (Wildman–Crippen MR) is 117 cm³/mol. The van der Waals surface area contributed by atoms with Crippen LogP contribution < -0.4 is 4.74 Å². The van der Waals surface area contributed by atoms with Crippen molar-refractivity contribution in [3.63, 3.8) is 0 Å². The first-order valence-electron chi connectivity index (χ1n) is 10.4. The lowest BCUT2D eigenvalue weighted by atomic mass is 10.1. The molecule has 1 saturated heterocycles. The lowest BCUT2D eigenvalue weighted by Gasteiger charge is -2.32. The van der Waals surface area contributed by atoms with Crippen molar-refractivity contribution >= 4 is 15.9 Å². The van der Waals surface area contributed by atoms with Crippen LogP contribution in [0.1, 0.15) is 49.0 Å². The van der Waals surface area contributed by atoms with Crippen molar-refractivity contribution in [3.8, 4) is 5.75 Å². The molecule has 7 heteroatoms. The second kappa shape index (κ2) is 9.62. The number of carbonyl (C=O) groups is 1. The van der Waals surface area contributed by atoms with Crippen LogP contribution in [0.3, 0.4) is 0 Å². The molecule has 2 aromatic rings. The Morgan fingerprint density at radius 2 is 1.83 bits per heavy atom. The van der Waals surface area contributed by atoms with Gasteiger partial charge in [0.25, 0.3) is 5.91 Å². The van der Waals surface area contributed by atoms with Gasteiger partial charge in [0.15, 0.2) is 0 Å². The van der Waals surface area contributed by atoms with E-state index >= 15 is 0 Å². The zero-order chi connectivity index (χ0) is 21.7. The van der Waals surface area contributed by atoms with Crippen molar-refractivity contribution in [1.29, 1.82) is 0 Å². The average Bonchev–Trinajstić information content (AvgIpc) is 2.75. The van der Waals surface area contributed by atoms with Gasteiger partial charge in [-0.05, 0) is 57.0 Å². The molecule has 0 bridgehead atoms. The maximum atomic E-state index is 13.0. The molecule has 1 aliphatic rings. The van der Waals surface area contributed by atoms with Crippen molar-refractivity contribution in [3.05, 3.63) is 59.7 Å². The molecule has 30 heavy (non-hydrogen) atoms. The Morgan fingerprint density at radius 3 is 2.50 bits per heavy atom. The van der Waals surface area contributed by atoms with Crippen LogP contribution in [-0.2, 0) is 16.6 Å². The number of benzene rings is 2. The van der Waals surface area contributed by atoms with Crippen LogP contribution in [0.5, 0.6) is 5.75 Å². The van der Waals surface area contributed by atoms with E-state index in [0.29, 0.717) is 25.3 Å². The quantitative estimate of drug-likeness (QED) is 0.668. The number of hydrogen-bond donors (Lipinski definition) is 0. The molecular weight excluding hydrogens is 400 g/mol. The molecule has 0 aliphatic carbocycles. The molecule has 0 N–H and O–H groups in total. The van der Waals surface area contributed by atoms with E-state index in [-0.39, 0.29) is 16.8 Å². The number of para-hydroxylation sites is 1. The summed E-state index contributed by atoms with van der Waals surface area (Å²) in [5.41, 5.74) is 1.38. The van der Waals surface area contributed by atoms with E-state index < -0.39 is 10.0 Å². The summed E-state index contributed by atoms with van der Waals surface area (Å²) >= 11 is 0. The van der Waals surface area contributed by atoms with Gasteiger partial charge in [-0.2, -0.15) is 4.31 Å². The zero-order valence-corrected chi connectivity index (χ0v) is 18.7. The maximum Gasteiger partial charge on any atom is 0.253 e. The molecule has 1 aliphatic heterocycles. The first-order chi connectivity index (χ1) is 14.3. The highest BCUT2D eigenvalue weighted by Gasteiger charge is 2.31. The van der Waals surface area contributed by atoms with Crippen LogP contribution in [0.4, 0.5) is 0 Å². The standard InChI is InChI=1S/C23H30N2O4S/c1-4-29-22-11-6-5-10-20(22)17-24(3)23(26)19-12-14-21(15-13-19)30(27,28)25-16-8-7-9-18(25)2/h5-6,10-15,18H,4,7-9,16-17H2,1-3H3. The molecule has 0 saturated carbocycles. The fourth-order valence-electron chi connectivity index (χ4n) is 3.81. The summed E-state index contributed by atoms with van der Waals surface area (Å²) in [6.07, 6.45) is 2.82. The SMILES string of the molecule is CCOc1ccccc1CN(C)C(=O)c1ccc(S(=O)(=O)N2CCCCC2C)cc1. The number of amides is 1. The number of rotatable bonds is 7. The Morgan fingerprint density at radius 1 is 1.13 bits per heavy atom. The minimum absolute atomic E-state index is 0.00148. The van der Waals surface area contributed by atoms with Gasteiger partial charge in [-0.15, -0.1) is 0 Å². The third-order valence-electron chi connectivity index (χ3n) is 5.48. The van der Waals surface area contributed by atoms with Crippen molar-refractivity contribution in [2.24, 2.45) is 0 Å². The van der Waals surface area contributed by atoms with Crippen LogP contribution >= 0.6 is 0 Å². The largest absolute Gasteiger partial charge is 0.494 e. The van der Waals surface area contributed by atoms with E-state index in [0.717, 1.165) is 30.6 Å². The topological polar surface area (TPSA) is 66.9 Å². The Bertz CT molecular complexity index is 973. The van der Waals surface area contributed by atoms with E-state index in [1.807, 2.05) is 38.1 Å². The molecular formula is C23H30N2O4S. The Balaban J connectivity index is 1.73. The van der Waals surface area contributed by atoms with Gasteiger partial charge in [-0.25, -0.2) is 8.42 Å². The van der Waals surface area contributed by atoms with E-state index in [1.165, 1.54) is 12.1 Å². The second-order valence-corrected chi connectivity index (χ2v) is 9.58. The highest BCUT2D eigenvalue weighted by molar-refractivity contribution is 7.89. The molecule has 0 spiro atoms. The molecule has 1 fully saturated rings. The monoisotopic (exact) mass is 430 g/mol. The summed E-state index contributed by atoms with van der Waals surface area (Å²) in [5.74, 6) is 0.591.